The molecule has 1 atom stereocenters. The van der Waals surface area contributed by atoms with Crippen molar-refractivity contribution in [3.8, 4) is 0 Å². The normalized spacial score (nSPS) is 12.3. The lowest BCUT2D eigenvalue weighted by atomic mass is 10.2. The average Bonchev–Trinajstić information content (AvgIpc) is 2.57. The quantitative estimate of drug-likeness (QED) is 0.675. The Morgan fingerprint density at radius 1 is 1.07 bits per heavy atom. The fraction of sp³-hybridized carbons (Fsp3) is 0.125. The standard InChI is InChI=1S/C16H13Cl3N2O5S/c1-8(15(22)21-13-7-10(17)3-5-11(13)18)26-16(23)9-2-4-12(19)14(6-9)27(20,24)25/h2-8H,1H3,(H,21,22)(H2,20,24,25)/t8-/m0/s1. The molecule has 0 heterocycles. The molecule has 27 heavy (non-hydrogen) atoms. The number of ether oxygens (including phenoxy) is 1. The van der Waals surface area contributed by atoms with Crippen molar-refractivity contribution in [3.05, 3.63) is 57.0 Å². The molecule has 0 aromatic heterocycles. The number of carbonyl (C=O) groups excluding carboxylic acids is 2. The highest BCUT2D eigenvalue weighted by Crippen LogP contribution is 2.26. The second-order valence-electron chi connectivity index (χ2n) is 5.35. The predicted octanol–water partition coefficient (Wildman–Crippen LogP) is 3.48. The number of carbonyl (C=O) groups is 2. The highest BCUT2D eigenvalue weighted by molar-refractivity contribution is 7.89. The third-order valence-electron chi connectivity index (χ3n) is 3.31. The molecule has 0 aliphatic heterocycles. The summed E-state index contributed by atoms with van der Waals surface area (Å²) < 4.78 is 28.0. The molecule has 0 bridgehead atoms. The summed E-state index contributed by atoms with van der Waals surface area (Å²) in [6.45, 7) is 1.34. The number of rotatable bonds is 5. The van der Waals surface area contributed by atoms with Gasteiger partial charge in [0.05, 0.1) is 21.3 Å². The molecule has 7 nitrogen and oxygen atoms in total. The minimum Gasteiger partial charge on any atom is -0.449 e. The summed E-state index contributed by atoms with van der Waals surface area (Å²) >= 11 is 17.6. The van der Waals surface area contributed by atoms with Crippen molar-refractivity contribution in [2.24, 2.45) is 5.14 Å². The summed E-state index contributed by atoms with van der Waals surface area (Å²) in [4.78, 5) is 24.0. The van der Waals surface area contributed by atoms with Crippen LogP contribution < -0.4 is 10.5 Å². The summed E-state index contributed by atoms with van der Waals surface area (Å²) in [6, 6.07) is 7.89. The molecule has 0 fully saturated rings. The molecule has 0 spiro atoms. The molecule has 0 saturated carbocycles. The Morgan fingerprint density at radius 3 is 2.33 bits per heavy atom. The number of hydrogen-bond donors (Lipinski definition) is 2. The molecule has 3 N–H and O–H groups in total. The second kappa shape index (κ2) is 8.45. The first-order chi connectivity index (χ1) is 12.5. The van der Waals surface area contributed by atoms with Crippen LogP contribution in [0.3, 0.4) is 0 Å². The van der Waals surface area contributed by atoms with E-state index in [0.29, 0.717) is 5.02 Å². The van der Waals surface area contributed by atoms with E-state index < -0.39 is 32.9 Å². The first kappa shape index (κ1) is 21.5. The van der Waals surface area contributed by atoms with Crippen LogP contribution in [0.2, 0.25) is 15.1 Å². The lowest BCUT2D eigenvalue weighted by Crippen LogP contribution is -2.30. The van der Waals surface area contributed by atoms with Crippen molar-refractivity contribution in [2.75, 3.05) is 5.32 Å². The number of amides is 1. The van der Waals surface area contributed by atoms with Crippen LogP contribution in [0.25, 0.3) is 0 Å². The minimum absolute atomic E-state index is 0.135. The Kier molecular flexibility index (Phi) is 6.72. The molecule has 0 aliphatic carbocycles. The number of nitrogens with two attached hydrogens (primary N) is 1. The molecular formula is C16H13Cl3N2O5S. The van der Waals surface area contributed by atoms with Gasteiger partial charge >= 0.3 is 5.97 Å². The topological polar surface area (TPSA) is 116 Å². The lowest BCUT2D eigenvalue weighted by Gasteiger charge is -2.15. The number of nitrogens with one attached hydrogen (secondary N) is 1. The van der Waals surface area contributed by atoms with Crippen LogP contribution in [0.15, 0.2) is 41.3 Å². The average molecular weight is 452 g/mol. The van der Waals surface area contributed by atoms with Crippen LogP contribution in [-0.2, 0) is 19.6 Å². The van der Waals surface area contributed by atoms with E-state index in [4.69, 9.17) is 44.7 Å². The maximum absolute atomic E-state index is 12.2. The van der Waals surface area contributed by atoms with Gasteiger partial charge in [-0.05, 0) is 43.3 Å². The monoisotopic (exact) mass is 450 g/mol. The van der Waals surface area contributed by atoms with Crippen LogP contribution in [0.1, 0.15) is 17.3 Å². The van der Waals surface area contributed by atoms with Gasteiger partial charge in [-0.15, -0.1) is 0 Å². The van der Waals surface area contributed by atoms with Gasteiger partial charge in [-0.25, -0.2) is 18.4 Å². The lowest BCUT2D eigenvalue weighted by molar-refractivity contribution is -0.123. The first-order valence-electron chi connectivity index (χ1n) is 7.28. The molecule has 1 amide bonds. The van der Waals surface area contributed by atoms with Crippen molar-refractivity contribution in [3.63, 3.8) is 0 Å². The zero-order valence-corrected chi connectivity index (χ0v) is 16.8. The maximum Gasteiger partial charge on any atom is 0.338 e. The van der Waals surface area contributed by atoms with Crippen molar-refractivity contribution in [2.45, 2.75) is 17.9 Å². The number of primary sulfonamides is 1. The van der Waals surface area contributed by atoms with Crippen LogP contribution in [-0.4, -0.2) is 26.4 Å². The highest BCUT2D eigenvalue weighted by Gasteiger charge is 2.22. The van der Waals surface area contributed by atoms with Crippen molar-refractivity contribution in [1.29, 1.82) is 0 Å². The fourth-order valence-electron chi connectivity index (χ4n) is 1.96. The Bertz CT molecular complexity index is 1010. The van der Waals surface area contributed by atoms with Crippen LogP contribution in [0, 0.1) is 0 Å². The van der Waals surface area contributed by atoms with Gasteiger partial charge in [0.15, 0.2) is 6.10 Å². The van der Waals surface area contributed by atoms with Crippen molar-refractivity contribution >= 4 is 62.4 Å². The summed E-state index contributed by atoms with van der Waals surface area (Å²) in [5.74, 6) is -1.59. The maximum atomic E-state index is 12.2. The number of benzene rings is 2. The Hall–Kier alpha value is -1.84. The zero-order chi connectivity index (χ0) is 20.4. The molecule has 0 saturated heterocycles. The van der Waals surface area contributed by atoms with Crippen LogP contribution >= 0.6 is 34.8 Å². The van der Waals surface area contributed by atoms with E-state index >= 15 is 0 Å². The van der Waals surface area contributed by atoms with Crippen LogP contribution in [0.4, 0.5) is 5.69 Å². The van der Waals surface area contributed by atoms with Gasteiger partial charge < -0.3 is 10.1 Å². The predicted molar refractivity (Wildman–Crippen MR) is 103 cm³/mol. The third-order valence-corrected chi connectivity index (χ3v) is 5.27. The second-order valence-corrected chi connectivity index (χ2v) is 8.13. The van der Waals surface area contributed by atoms with E-state index in [0.717, 1.165) is 6.07 Å². The number of esters is 1. The summed E-state index contributed by atoms with van der Waals surface area (Å²) in [6.07, 6.45) is -1.21. The number of halogens is 3. The summed E-state index contributed by atoms with van der Waals surface area (Å²) in [5, 5.41) is 7.99. The van der Waals surface area contributed by atoms with Gasteiger partial charge in [0, 0.05) is 5.02 Å². The molecule has 0 unspecified atom stereocenters. The van der Waals surface area contributed by atoms with E-state index in [-0.39, 0.29) is 21.3 Å². The van der Waals surface area contributed by atoms with E-state index in [9.17, 15) is 18.0 Å². The van der Waals surface area contributed by atoms with Gasteiger partial charge in [0.25, 0.3) is 5.91 Å². The van der Waals surface area contributed by atoms with Crippen LogP contribution in [0.5, 0.6) is 0 Å². The highest BCUT2D eigenvalue weighted by atomic mass is 35.5. The Balaban J connectivity index is 2.13. The van der Waals surface area contributed by atoms with E-state index in [1.807, 2.05) is 0 Å². The van der Waals surface area contributed by atoms with Gasteiger partial charge in [0.1, 0.15) is 4.90 Å². The summed E-state index contributed by atoms with van der Waals surface area (Å²) in [5.41, 5.74) is 0.115. The molecule has 11 heteroatoms. The minimum atomic E-state index is -4.13. The third kappa shape index (κ3) is 5.57. The molecule has 0 radical (unpaired) electrons. The van der Waals surface area contributed by atoms with E-state index in [1.54, 1.807) is 6.07 Å². The summed E-state index contributed by atoms with van der Waals surface area (Å²) in [7, 11) is -4.13. The van der Waals surface area contributed by atoms with Gasteiger partial charge in [0.2, 0.25) is 10.0 Å². The first-order valence-corrected chi connectivity index (χ1v) is 9.96. The number of hydrogen-bond acceptors (Lipinski definition) is 5. The molecule has 0 aliphatic rings. The zero-order valence-electron chi connectivity index (χ0n) is 13.7. The van der Waals surface area contributed by atoms with Crippen molar-refractivity contribution in [1.82, 2.24) is 0 Å². The van der Waals surface area contributed by atoms with Crippen molar-refractivity contribution < 1.29 is 22.7 Å². The number of sulfonamides is 1. The molecular weight excluding hydrogens is 439 g/mol. The van der Waals surface area contributed by atoms with Gasteiger partial charge in [-0.2, -0.15) is 0 Å². The largest absolute Gasteiger partial charge is 0.449 e. The molecule has 2 aromatic carbocycles. The molecule has 144 valence electrons. The molecule has 2 rings (SSSR count). The van der Waals surface area contributed by atoms with E-state index in [2.05, 4.69) is 5.32 Å². The SMILES string of the molecule is C[C@H](OC(=O)c1ccc(Cl)c(S(N)(=O)=O)c1)C(=O)Nc1cc(Cl)ccc1Cl. The number of anilines is 1. The Labute approximate surface area is 170 Å². The van der Waals surface area contributed by atoms with Gasteiger partial charge in [-0.3, -0.25) is 4.79 Å². The Morgan fingerprint density at radius 2 is 1.70 bits per heavy atom. The van der Waals surface area contributed by atoms with E-state index in [1.165, 1.54) is 31.2 Å². The van der Waals surface area contributed by atoms with Gasteiger partial charge in [-0.1, -0.05) is 34.8 Å². The molecule has 2 aromatic rings. The fourth-order valence-corrected chi connectivity index (χ4v) is 3.37. The smallest absolute Gasteiger partial charge is 0.338 e.